The van der Waals surface area contributed by atoms with Crippen LogP contribution in [0.2, 0.25) is 0 Å². The number of carbonyl (C=O) groups excluding carboxylic acids is 1. The Hall–Kier alpha value is -2.43. The summed E-state index contributed by atoms with van der Waals surface area (Å²) in [6.07, 6.45) is 1.64. The van der Waals surface area contributed by atoms with Gasteiger partial charge in [0.05, 0.1) is 13.0 Å². The first-order valence-electron chi connectivity index (χ1n) is 6.00. The van der Waals surface area contributed by atoms with Crippen LogP contribution in [0.15, 0.2) is 47.4 Å². The number of carbonyl (C=O) groups is 1. The zero-order valence-corrected chi connectivity index (χ0v) is 10.6. The second-order valence-corrected chi connectivity index (χ2v) is 3.86. The predicted molar refractivity (Wildman–Crippen MR) is 70.2 cm³/mol. The molecule has 0 unspecified atom stereocenters. The fraction of sp³-hybridized carbons (Fsp3) is 0.214. The number of hydrogen-bond acceptors (Lipinski definition) is 4. The lowest BCUT2D eigenvalue weighted by Crippen LogP contribution is -2.23. The van der Waals surface area contributed by atoms with Crippen LogP contribution in [-0.4, -0.2) is 22.1 Å². The van der Waals surface area contributed by atoms with Gasteiger partial charge in [0.25, 0.3) is 5.56 Å². The van der Waals surface area contributed by atoms with Crippen molar-refractivity contribution >= 4 is 5.97 Å². The van der Waals surface area contributed by atoms with Gasteiger partial charge in [0, 0.05) is 18.0 Å². The van der Waals surface area contributed by atoms with E-state index in [-0.39, 0.29) is 17.9 Å². The van der Waals surface area contributed by atoms with Crippen LogP contribution >= 0.6 is 0 Å². The Labute approximate surface area is 110 Å². The minimum Gasteiger partial charge on any atom is -0.466 e. The van der Waals surface area contributed by atoms with E-state index in [1.807, 2.05) is 0 Å². The lowest BCUT2D eigenvalue weighted by Gasteiger charge is -2.10. The summed E-state index contributed by atoms with van der Waals surface area (Å²) >= 11 is 0. The van der Waals surface area contributed by atoms with E-state index in [9.17, 15) is 9.59 Å². The van der Waals surface area contributed by atoms with Crippen molar-refractivity contribution in [1.82, 2.24) is 9.55 Å². The zero-order chi connectivity index (χ0) is 13.7. The second-order valence-electron chi connectivity index (χ2n) is 3.86. The minimum absolute atomic E-state index is 0.0422. The maximum absolute atomic E-state index is 12.0. The van der Waals surface area contributed by atoms with Gasteiger partial charge in [0.15, 0.2) is 0 Å². The molecule has 0 N–H and O–H groups in total. The molecule has 0 saturated heterocycles. The van der Waals surface area contributed by atoms with Crippen LogP contribution in [0.1, 0.15) is 12.6 Å². The minimum atomic E-state index is -0.363. The van der Waals surface area contributed by atoms with Gasteiger partial charge in [0.1, 0.15) is 5.82 Å². The maximum atomic E-state index is 12.0. The maximum Gasteiger partial charge on any atom is 0.311 e. The van der Waals surface area contributed by atoms with Crippen molar-refractivity contribution in [2.24, 2.45) is 0 Å². The monoisotopic (exact) mass is 258 g/mol. The Kier molecular flexibility index (Phi) is 4.07. The third-order valence-corrected chi connectivity index (χ3v) is 2.54. The molecule has 0 aromatic carbocycles. The van der Waals surface area contributed by atoms with E-state index < -0.39 is 0 Å². The number of esters is 1. The van der Waals surface area contributed by atoms with E-state index in [4.69, 9.17) is 4.74 Å². The van der Waals surface area contributed by atoms with Gasteiger partial charge >= 0.3 is 5.97 Å². The molecule has 0 atom stereocenters. The van der Waals surface area contributed by atoms with Crippen LogP contribution in [0.25, 0.3) is 5.82 Å². The number of hydrogen-bond donors (Lipinski definition) is 0. The van der Waals surface area contributed by atoms with E-state index in [1.165, 1.54) is 10.6 Å². The summed E-state index contributed by atoms with van der Waals surface area (Å²) in [5, 5.41) is 0. The molecule has 0 aliphatic rings. The Morgan fingerprint density at radius 1 is 1.26 bits per heavy atom. The van der Waals surface area contributed by atoms with Gasteiger partial charge < -0.3 is 4.74 Å². The number of ether oxygens (including phenoxy) is 1. The smallest absolute Gasteiger partial charge is 0.311 e. The summed E-state index contributed by atoms with van der Waals surface area (Å²) in [4.78, 5) is 27.6. The third-order valence-electron chi connectivity index (χ3n) is 2.54. The van der Waals surface area contributed by atoms with Gasteiger partial charge in [-0.2, -0.15) is 0 Å². The first-order chi connectivity index (χ1) is 9.22. The Morgan fingerprint density at radius 2 is 2.11 bits per heavy atom. The fourth-order valence-electron chi connectivity index (χ4n) is 1.78. The summed E-state index contributed by atoms with van der Waals surface area (Å²) in [6, 6.07) is 10.0. The molecule has 0 aliphatic carbocycles. The van der Waals surface area contributed by atoms with Crippen LogP contribution in [0.5, 0.6) is 0 Å². The normalized spacial score (nSPS) is 10.2. The van der Waals surface area contributed by atoms with Gasteiger partial charge in [-0.05, 0) is 25.1 Å². The second kappa shape index (κ2) is 5.95. The van der Waals surface area contributed by atoms with Crippen LogP contribution in [0.4, 0.5) is 0 Å². The molecule has 0 aliphatic heterocycles. The van der Waals surface area contributed by atoms with Gasteiger partial charge in [0.2, 0.25) is 0 Å². The molecule has 5 heteroatoms. The van der Waals surface area contributed by atoms with Crippen molar-refractivity contribution in [3.8, 4) is 5.82 Å². The molecule has 5 nitrogen and oxygen atoms in total. The molecule has 0 amide bonds. The largest absolute Gasteiger partial charge is 0.466 e. The number of pyridine rings is 2. The highest BCUT2D eigenvalue weighted by molar-refractivity contribution is 5.72. The topological polar surface area (TPSA) is 61.2 Å². The van der Waals surface area contributed by atoms with Gasteiger partial charge in [-0.1, -0.05) is 12.1 Å². The molecule has 0 radical (unpaired) electrons. The van der Waals surface area contributed by atoms with Crippen LogP contribution < -0.4 is 5.56 Å². The van der Waals surface area contributed by atoms with E-state index >= 15 is 0 Å². The molecule has 98 valence electrons. The summed E-state index contributed by atoms with van der Waals surface area (Å²) in [5.74, 6) is 0.130. The van der Waals surface area contributed by atoms with Crippen LogP contribution in [0.3, 0.4) is 0 Å². The van der Waals surface area contributed by atoms with Crippen molar-refractivity contribution in [2.45, 2.75) is 13.3 Å². The molecule has 0 bridgehead atoms. The highest BCUT2D eigenvalue weighted by atomic mass is 16.5. The van der Waals surface area contributed by atoms with Crippen LogP contribution in [-0.2, 0) is 16.0 Å². The standard InChI is InChI=1S/C14H14N2O3/c1-2-19-14(18)10-11-6-5-8-13(17)16(11)12-7-3-4-9-15-12/h3-9H,2,10H2,1H3. The van der Waals surface area contributed by atoms with E-state index in [0.29, 0.717) is 18.1 Å². The average molecular weight is 258 g/mol. The van der Waals surface area contributed by atoms with Gasteiger partial charge in [-0.25, -0.2) is 4.98 Å². The molecular formula is C14H14N2O3. The first kappa shape index (κ1) is 13.0. The molecule has 2 rings (SSSR count). The molecule has 0 spiro atoms. The molecular weight excluding hydrogens is 244 g/mol. The number of nitrogens with zero attached hydrogens (tertiary/aromatic N) is 2. The van der Waals surface area contributed by atoms with E-state index in [0.717, 1.165) is 0 Å². The number of aromatic nitrogens is 2. The van der Waals surface area contributed by atoms with Crippen molar-refractivity contribution in [2.75, 3.05) is 6.61 Å². The first-order valence-corrected chi connectivity index (χ1v) is 6.00. The quantitative estimate of drug-likeness (QED) is 0.776. The van der Waals surface area contributed by atoms with Gasteiger partial charge in [-0.3, -0.25) is 14.2 Å². The summed E-state index contributed by atoms with van der Waals surface area (Å²) in [6.45, 7) is 2.06. The van der Waals surface area contributed by atoms with Gasteiger partial charge in [-0.15, -0.1) is 0 Å². The Bertz CT molecular complexity index is 620. The number of rotatable bonds is 4. The van der Waals surface area contributed by atoms with E-state index in [1.54, 1.807) is 43.5 Å². The van der Waals surface area contributed by atoms with Crippen LogP contribution in [0, 0.1) is 0 Å². The van der Waals surface area contributed by atoms with Crippen molar-refractivity contribution in [3.05, 3.63) is 58.6 Å². The molecule has 2 heterocycles. The SMILES string of the molecule is CCOC(=O)Cc1cccc(=O)n1-c1ccccn1. The fourth-order valence-corrected chi connectivity index (χ4v) is 1.78. The summed E-state index contributed by atoms with van der Waals surface area (Å²) < 4.78 is 6.32. The molecule has 0 saturated carbocycles. The average Bonchev–Trinajstić information content (AvgIpc) is 2.40. The molecule has 19 heavy (non-hydrogen) atoms. The highest BCUT2D eigenvalue weighted by Crippen LogP contribution is 2.06. The predicted octanol–water partition coefficient (Wildman–Crippen LogP) is 1.34. The third kappa shape index (κ3) is 3.07. The summed E-state index contributed by atoms with van der Waals surface area (Å²) in [7, 11) is 0. The lowest BCUT2D eigenvalue weighted by atomic mass is 10.2. The highest BCUT2D eigenvalue weighted by Gasteiger charge is 2.11. The van der Waals surface area contributed by atoms with E-state index in [2.05, 4.69) is 4.98 Å². The molecule has 0 fully saturated rings. The lowest BCUT2D eigenvalue weighted by molar-refractivity contribution is -0.142. The zero-order valence-electron chi connectivity index (χ0n) is 10.6. The Balaban J connectivity index is 2.43. The van der Waals surface area contributed by atoms with Crippen molar-refractivity contribution in [1.29, 1.82) is 0 Å². The van der Waals surface area contributed by atoms with Crippen molar-refractivity contribution in [3.63, 3.8) is 0 Å². The summed E-state index contributed by atoms with van der Waals surface area (Å²) in [5.41, 5.74) is 0.338. The molecule has 2 aromatic rings. The Morgan fingerprint density at radius 3 is 2.79 bits per heavy atom. The van der Waals surface area contributed by atoms with Crippen molar-refractivity contribution < 1.29 is 9.53 Å². The molecule has 2 aromatic heterocycles.